The molecule has 0 radical (unpaired) electrons. The van der Waals surface area contributed by atoms with E-state index in [1.807, 2.05) is 12.1 Å². The molecule has 4 atom stereocenters. The van der Waals surface area contributed by atoms with Gasteiger partial charge in [-0.3, -0.25) is 0 Å². The van der Waals surface area contributed by atoms with Crippen molar-refractivity contribution in [1.29, 1.82) is 0 Å². The first-order chi connectivity index (χ1) is 27.6. The third kappa shape index (κ3) is 7.47. The zero-order valence-electron chi connectivity index (χ0n) is 31.2. The normalized spacial score (nSPS) is 20.3. The lowest BCUT2D eigenvalue weighted by molar-refractivity contribution is 0.176. The van der Waals surface area contributed by atoms with Crippen molar-refractivity contribution in [3.63, 3.8) is 0 Å². The number of hydrogen-bond donors (Lipinski definition) is 3. The van der Waals surface area contributed by atoms with E-state index in [-0.39, 0.29) is 22.7 Å². The van der Waals surface area contributed by atoms with Crippen molar-refractivity contribution < 1.29 is 17.6 Å². The van der Waals surface area contributed by atoms with Crippen molar-refractivity contribution in [3.05, 3.63) is 92.8 Å². The van der Waals surface area contributed by atoms with Gasteiger partial charge in [0, 0.05) is 44.4 Å². The van der Waals surface area contributed by atoms with Crippen LogP contribution < -0.4 is 16.0 Å². The van der Waals surface area contributed by atoms with Gasteiger partial charge < -0.3 is 20.9 Å². The number of piperidine rings is 2. The average Bonchev–Trinajstić information content (AvgIpc) is 4.02. The first kappa shape index (κ1) is 38.2. The van der Waals surface area contributed by atoms with Crippen molar-refractivity contribution in [2.24, 2.45) is 0 Å². The minimum absolute atomic E-state index is 0.213. The first-order valence-electron chi connectivity index (χ1n) is 18.8. The van der Waals surface area contributed by atoms with Crippen LogP contribution in [0.5, 0.6) is 0 Å². The highest BCUT2D eigenvalue weighted by Crippen LogP contribution is 2.43. The number of thiophene rings is 2. The predicted molar refractivity (Wildman–Crippen MR) is 228 cm³/mol. The van der Waals surface area contributed by atoms with E-state index >= 15 is 0 Å². The van der Waals surface area contributed by atoms with Gasteiger partial charge in [-0.25, -0.2) is 37.5 Å². The van der Waals surface area contributed by atoms with E-state index in [2.05, 4.69) is 61.7 Å². The Morgan fingerprint density at radius 1 is 0.667 bits per heavy atom. The van der Waals surface area contributed by atoms with Gasteiger partial charge in [-0.15, -0.1) is 45.3 Å². The van der Waals surface area contributed by atoms with Crippen LogP contribution >= 0.6 is 45.3 Å². The summed E-state index contributed by atoms with van der Waals surface area (Å²) in [6, 6.07) is 10.9. The summed E-state index contributed by atoms with van der Waals surface area (Å²) >= 11 is 5.94. The Hall–Kier alpha value is -4.32. The van der Waals surface area contributed by atoms with E-state index in [1.165, 1.54) is 57.0 Å². The van der Waals surface area contributed by atoms with E-state index < -0.39 is 23.3 Å². The van der Waals surface area contributed by atoms with E-state index in [0.717, 1.165) is 57.8 Å². The third-order valence-corrected chi connectivity index (χ3v) is 15.2. The number of likely N-dealkylation sites (tertiary alicyclic amines) is 1. The van der Waals surface area contributed by atoms with Crippen LogP contribution in [0.4, 0.5) is 40.3 Å². The Kier molecular flexibility index (Phi) is 10.6. The second-order valence-corrected chi connectivity index (χ2v) is 18.6. The Labute approximate surface area is 342 Å². The summed E-state index contributed by atoms with van der Waals surface area (Å²) in [7, 11) is 2.15. The molecular weight excluding hydrogens is 809 g/mol. The number of benzene rings is 2. The number of pyridine rings is 2. The smallest absolute Gasteiger partial charge is 0.165 e. The zero-order valence-corrected chi connectivity index (χ0v) is 34.5. The number of halogens is 4. The minimum atomic E-state index is -0.496. The Morgan fingerprint density at radius 3 is 1.74 bits per heavy atom. The number of aromatic nitrogens is 4. The molecule has 3 N–H and O–H groups in total. The molecule has 2 saturated heterocycles. The van der Waals surface area contributed by atoms with Crippen molar-refractivity contribution in [3.8, 4) is 0 Å². The largest absolute Gasteiger partial charge is 0.350 e. The van der Waals surface area contributed by atoms with Crippen LogP contribution in [0.2, 0.25) is 0 Å². The van der Waals surface area contributed by atoms with Crippen LogP contribution in [0.25, 0.3) is 40.9 Å². The van der Waals surface area contributed by atoms with Gasteiger partial charge in [0.2, 0.25) is 0 Å². The number of fused-ring (bicyclic) bond motifs is 4. The molecule has 0 aliphatic carbocycles. The molecule has 2 aliphatic heterocycles. The molecule has 2 aromatic carbocycles. The lowest BCUT2D eigenvalue weighted by Gasteiger charge is -2.36. The van der Waals surface area contributed by atoms with Gasteiger partial charge in [-0.1, -0.05) is 0 Å². The fraction of sp³-hybridized carbons (Fsp3) is 0.317. The van der Waals surface area contributed by atoms with Crippen molar-refractivity contribution in [1.82, 2.24) is 30.2 Å². The molecule has 294 valence electrons. The molecule has 0 amide bonds. The topological polar surface area (TPSA) is 90.9 Å². The number of anilines is 4. The Balaban J connectivity index is 0.000000148. The van der Waals surface area contributed by atoms with E-state index in [1.54, 1.807) is 45.8 Å². The molecule has 8 aromatic rings. The fourth-order valence-electron chi connectivity index (χ4n) is 7.93. The number of nitrogens with one attached hydrogen (secondary N) is 3. The second-order valence-electron chi connectivity index (χ2n) is 14.7. The molecule has 16 heteroatoms. The SMILES string of the molecule is CC1C(c2cc3c(Nc4cc5ncsc5cc4F)c(F)cnc3s2)CCCN1C.CC1NCCCC1c1cc2c(Nc3cc4ncsc4cc3F)c(F)cnc2s1. The highest BCUT2D eigenvalue weighted by molar-refractivity contribution is 7.19. The second kappa shape index (κ2) is 15.8. The number of rotatable bonds is 6. The molecule has 0 bridgehead atoms. The number of likely N-dealkylation sites (N-methyl/N-ethyl adjacent to an activating group) is 1. The molecule has 10 rings (SSSR count). The summed E-state index contributed by atoms with van der Waals surface area (Å²) in [5.41, 5.74) is 5.68. The van der Waals surface area contributed by atoms with Crippen molar-refractivity contribution in [2.75, 3.05) is 30.8 Å². The van der Waals surface area contributed by atoms with Gasteiger partial charge in [0.1, 0.15) is 21.3 Å². The summed E-state index contributed by atoms with van der Waals surface area (Å²) in [5, 5.41) is 10.8. The van der Waals surface area contributed by atoms with Crippen LogP contribution in [-0.2, 0) is 0 Å². The van der Waals surface area contributed by atoms with Gasteiger partial charge in [0.05, 0.1) is 66.6 Å². The van der Waals surface area contributed by atoms with Crippen LogP contribution in [0.1, 0.15) is 61.1 Å². The Bertz CT molecular complexity index is 2740. The van der Waals surface area contributed by atoms with Gasteiger partial charge in [0.15, 0.2) is 11.6 Å². The first-order valence-corrected chi connectivity index (χ1v) is 22.2. The molecular formula is C41H38F4N8S4. The van der Waals surface area contributed by atoms with Crippen LogP contribution in [0, 0.1) is 23.3 Å². The predicted octanol–water partition coefficient (Wildman–Crippen LogP) is 11.9. The average molecular weight is 847 g/mol. The van der Waals surface area contributed by atoms with Crippen molar-refractivity contribution >= 4 is 109 Å². The maximum absolute atomic E-state index is 14.7. The molecule has 8 heterocycles. The molecule has 8 nitrogen and oxygen atoms in total. The number of thiazole rings is 2. The summed E-state index contributed by atoms with van der Waals surface area (Å²) in [5.74, 6) is -1.07. The lowest BCUT2D eigenvalue weighted by atomic mass is 9.89. The zero-order chi connectivity index (χ0) is 39.4. The quantitative estimate of drug-likeness (QED) is 0.143. The maximum atomic E-state index is 14.7. The highest BCUT2D eigenvalue weighted by Gasteiger charge is 2.29. The van der Waals surface area contributed by atoms with Crippen LogP contribution in [0.15, 0.2) is 59.8 Å². The standard InChI is InChI=1S/C21H20F2N4S2.C20H18F2N4S2/c1-11-12(4-3-5-27(11)2)18-6-13-20(15(23)9-24-21(13)29-18)26-16-8-17-19(7-14(16)22)28-10-25-17;1-10-11(3-2-4-23-10)17-5-12-19(14(22)8-24-20(12)28-17)26-15-7-16-18(6-13(15)21)27-9-25-16/h6-12H,3-5H2,1-2H3,(H,24,26);5-11,23H,2-4H2,1H3,(H,24,26). The van der Waals surface area contributed by atoms with E-state index in [0.29, 0.717) is 45.7 Å². The van der Waals surface area contributed by atoms with Gasteiger partial charge in [-0.05, 0) is 96.1 Å². The molecule has 0 saturated carbocycles. The van der Waals surface area contributed by atoms with Crippen LogP contribution in [-0.4, -0.2) is 57.1 Å². The molecule has 2 fully saturated rings. The van der Waals surface area contributed by atoms with Gasteiger partial charge in [0.25, 0.3) is 0 Å². The molecule has 4 unspecified atom stereocenters. The lowest BCUT2D eigenvalue weighted by Crippen LogP contribution is -2.38. The number of hydrogen-bond acceptors (Lipinski definition) is 12. The van der Waals surface area contributed by atoms with Gasteiger partial charge >= 0.3 is 0 Å². The van der Waals surface area contributed by atoms with Gasteiger partial charge in [-0.2, -0.15) is 0 Å². The number of nitrogens with zero attached hydrogens (tertiary/aromatic N) is 5. The third-order valence-electron chi connectivity index (χ3n) is 11.2. The fourth-order valence-corrected chi connectivity index (χ4v) is 11.8. The summed E-state index contributed by atoms with van der Waals surface area (Å²) in [6.45, 7) is 6.54. The molecule has 2 aliphatic rings. The molecule has 6 aromatic heterocycles. The molecule has 0 spiro atoms. The summed E-state index contributed by atoms with van der Waals surface area (Å²) < 4.78 is 60.0. The monoisotopic (exact) mass is 846 g/mol. The van der Waals surface area contributed by atoms with E-state index in [9.17, 15) is 17.6 Å². The summed E-state index contributed by atoms with van der Waals surface area (Å²) in [6.07, 6.45) is 6.88. The maximum Gasteiger partial charge on any atom is 0.165 e. The van der Waals surface area contributed by atoms with Crippen molar-refractivity contribution in [2.45, 2.75) is 63.5 Å². The molecule has 57 heavy (non-hydrogen) atoms. The highest BCUT2D eigenvalue weighted by atomic mass is 32.1. The minimum Gasteiger partial charge on any atom is -0.350 e. The summed E-state index contributed by atoms with van der Waals surface area (Å²) in [4.78, 5) is 23.3. The Morgan fingerprint density at radius 2 is 1.19 bits per heavy atom. The van der Waals surface area contributed by atoms with Crippen LogP contribution in [0.3, 0.4) is 0 Å². The van der Waals surface area contributed by atoms with E-state index in [4.69, 9.17) is 0 Å².